The Morgan fingerprint density at radius 2 is 2.56 bits per heavy atom. The molecular formula is C11H18N4O. The van der Waals surface area contributed by atoms with Crippen LogP contribution in [0.25, 0.3) is 0 Å². The lowest BCUT2D eigenvalue weighted by Crippen LogP contribution is -2.40. The van der Waals surface area contributed by atoms with E-state index in [1.165, 1.54) is 0 Å². The molecule has 2 N–H and O–H groups in total. The van der Waals surface area contributed by atoms with Crippen LogP contribution in [0.4, 0.5) is 5.82 Å². The fourth-order valence-electron chi connectivity index (χ4n) is 1.96. The third-order valence-electron chi connectivity index (χ3n) is 2.89. The molecule has 1 aromatic heterocycles. The van der Waals surface area contributed by atoms with Gasteiger partial charge in [-0.3, -0.25) is 4.79 Å². The number of rotatable bonds is 3. The molecule has 1 unspecified atom stereocenters. The van der Waals surface area contributed by atoms with Crippen molar-refractivity contribution >= 4 is 5.82 Å². The second-order valence-electron chi connectivity index (χ2n) is 4.05. The van der Waals surface area contributed by atoms with Gasteiger partial charge >= 0.3 is 0 Å². The van der Waals surface area contributed by atoms with Gasteiger partial charge in [0.15, 0.2) is 5.82 Å². The predicted molar refractivity (Wildman–Crippen MR) is 63.7 cm³/mol. The summed E-state index contributed by atoms with van der Waals surface area (Å²) in [5.41, 5.74) is -0.0319. The summed E-state index contributed by atoms with van der Waals surface area (Å²) < 4.78 is 1.66. The highest BCUT2D eigenvalue weighted by Gasteiger charge is 2.14. The largest absolute Gasteiger partial charge is 0.361 e. The minimum Gasteiger partial charge on any atom is -0.361 e. The summed E-state index contributed by atoms with van der Waals surface area (Å²) in [7, 11) is 0. The number of nitrogens with zero attached hydrogens (tertiary/aromatic N) is 2. The Bertz CT molecular complexity index is 395. The van der Waals surface area contributed by atoms with Crippen LogP contribution in [0, 0.1) is 0 Å². The molecule has 1 aliphatic heterocycles. The van der Waals surface area contributed by atoms with Crippen molar-refractivity contribution in [2.45, 2.75) is 32.4 Å². The predicted octanol–water partition coefficient (Wildman–Crippen LogP) is 0.427. The maximum atomic E-state index is 11.9. The SMILES string of the molecule is CCn1ccnc(NC2CCCNC2)c1=O. The molecule has 1 saturated heterocycles. The third-order valence-corrected chi connectivity index (χ3v) is 2.89. The molecule has 0 bridgehead atoms. The lowest BCUT2D eigenvalue weighted by Gasteiger charge is -2.24. The van der Waals surface area contributed by atoms with Crippen LogP contribution in [0.3, 0.4) is 0 Å². The number of hydrogen-bond donors (Lipinski definition) is 2. The quantitative estimate of drug-likeness (QED) is 0.778. The van der Waals surface area contributed by atoms with Gasteiger partial charge in [0.1, 0.15) is 0 Å². The van der Waals surface area contributed by atoms with Crippen molar-refractivity contribution in [3.63, 3.8) is 0 Å². The lowest BCUT2D eigenvalue weighted by atomic mass is 10.1. The number of aromatic nitrogens is 2. The monoisotopic (exact) mass is 222 g/mol. The van der Waals surface area contributed by atoms with Gasteiger partial charge in [0.25, 0.3) is 5.56 Å². The fraction of sp³-hybridized carbons (Fsp3) is 0.636. The molecule has 0 aromatic carbocycles. The summed E-state index contributed by atoms with van der Waals surface area (Å²) in [6.45, 7) is 4.61. The zero-order valence-corrected chi connectivity index (χ0v) is 9.57. The van der Waals surface area contributed by atoms with E-state index in [9.17, 15) is 4.79 Å². The first-order chi connectivity index (χ1) is 7.81. The summed E-state index contributed by atoms with van der Waals surface area (Å²) in [5.74, 6) is 0.470. The van der Waals surface area contributed by atoms with Gasteiger partial charge in [-0.2, -0.15) is 0 Å². The molecule has 1 aliphatic rings. The molecule has 2 heterocycles. The number of anilines is 1. The number of nitrogens with one attached hydrogen (secondary N) is 2. The van der Waals surface area contributed by atoms with Gasteiger partial charge in [-0.15, -0.1) is 0 Å². The average molecular weight is 222 g/mol. The van der Waals surface area contributed by atoms with Crippen molar-refractivity contribution in [1.29, 1.82) is 0 Å². The van der Waals surface area contributed by atoms with Crippen LogP contribution in [0.5, 0.6) is 0 Å². The fourth-order valence-corrected chi connectivity index (χ4v) is 1.96. The van der Waals surface area contributed by atoms with Gasteiger partial charge in [-0.25, -0.2) is 4.98 Å². The van der Waals surface area contributed by atoms with Crippen LogP contribution in [-0.4, -0.2) is 28.7 Å². The maximum absolute atomic E-state index is 11.9. The molecule has 0 spiro atoms. The van der Waals surface area contributed by atoms with E-state index < -0.39 is 0 Å². The zero-order valence-electron chi connectivity index (χ0n) is 9.57. The molecule has 0 amide bonds. The third kappa shape index (κ3) is 2.41. The van der Waals surface area contributed by atoms with Crippen molar-refractivity contribution in [1.82, 2.24) is 14.9 Å². The van der Waals surface area contributed by atoms with Crippen LogP contribution in [0.2, 0.25) is 0 Å². The first kappa shape index (κ1) is 11.1. The van der Waals surface area contributed by atoms with Crippen molar-refractivity contribution in [3.05, 3.63) is 22.7 Å². The highest BCUT2D eigenvalue weighted by Crippen LogP contribution is 2.06. The topological polar surface area (TPSA) is 59.0 Å². The minimum absolute atomic E-state index is 0.0319. The molecule has 5 nitrogen and oxygen atoms in total. The molecule has 16 heavy (non-hydrogen) atoms. The highest BCUT2D eigenvalue weighted by molar-refractivity contribution is 5.32. The first-order valence-corrected chi connectivity index (χ1v) is 5.84. The van der Waals surface area contributed by atoms with E-state index in [-0.39, 0.29) is 5.56 Å². The first-order valence-electron chi connectivity index (χ1n) is 5.84. The van der Waals surface area contributed by atoms with Gasteiger partial charge in [-0.1, -0.05) is 0 Å². The normalized spacial score (nSPS) is 20.7. The van der Waals surface area contributed by atoms with Gasteiger partial charge in [-0.05, 0) is 26.3 Å². The summed E-state index contributed by atoms with van der Waals surface area (Å²) in [4.78, 5) is 16.0. The van der Waals surface area contributed by atoms with Crippen LogP contribution in [0.15, 0.2) is 17.2 Å². The second kappa shape index (κ2) is 5.12. The molecule has 0 saturated carbocycles. The Labute approximate surface area is 94.9 Å². The Morgan fingerprint density at radius 1 is 1.69 bits per heavy atom. The summed E-state index contributed by atoms with van der Waals surface area (Å²) in [6, 6.07) is 0.321. The second-order valence-corrected chi connectivity index (χ2v) is 4.05. The minimum atomic E-state index is -0.0319. The van der Waals surface area contributed by atoms with Crippen molar-refractivity contribution in [3.8, 4) is 0 Å². The maximum Gasteiger partial charge on any atom is 0.293 e. The molecule has 5 heteroatoms. The molecule has 0 aliphatic carbocycles. The highest BCUT2D eigenvalue weighted by atomic mass is 16.1. The van der Waals surface area contributed by atoms with E-state index >= 15 is 0 Å². The Balaban J connectivity index is 2.11. The molecule has 1 aromatic rings. The molecule has 1 atom stereocenters. The molecule has 0 radical (unpaired) electrons. The van der Waals surface area contributed by atoms with Gasteiger partial charge in [0.05, 0.1) is 0 Å². The average Bonchev–Trinajstić information content (AvgIpc) is 2.33. The smallest absolute Gasteiger partial charge is 0.293 e. The lowest BCUT2D eigenvalue weighted by molar-refractivity contribution is 0.478. The number of piperidine rings is 1. The van der Waals surface area contributed by atoms with E-state index in [4.69, 9.17) is 0 Å². The zero-order chi connectivity index (χ0) is 11.4. The van der Waals surface area contributed by atoms with E-state index in [0.717, 1.165) is 25.9 Å². The molecular weight excluding hydrogens is 204 g/mol. The molecule has 88 valence electrons. The Kier molecular flexibility index (Phi) is 3.56. The number of aryl methyl sites for hydroxylation is 1. The Hall–Kier alpha value is -1.36. The van der Waals surface area contributed by atoms with E-state index in [1.54, 1.807) is 17.0 Å². The van der Waals surface area contributed by atoms with Crippen molar-refractivity contribution in [2.75, 3.05) is 18.4 Å². The van der Waals surface area contributed by atoms with E-state index in [1.807, 2.05) is 6.92 Å². The standard InChI is InChI=1S/C11H18N4O/c1-2-15-7-6-13-10(11(15)16)14-9-4-3-5-12-8-9/h6-7,9,12H,2-5,8H2,1H3,(H,13,14). The summed E-state index contributed by atoms with van der Waals surface area (Å²) >= 11 is 0. The van der Waals surface area contributed by atoms with Crippen LogP contribution in [-0.2, 0) is 6.54 Å². The van der Waals surface area contributed by atoms with E-state index in [2.05, 4.69) is 15.6 Å². The molecule has 2 rings (SSSR count). The number of hydrogen-bond acceptors (Lipinski definition) is 4. The van der Waals surface area contributed by atoms with Crippen LogP contribution < -0.4 is 16.2 Å². The summed E-state index contributed by atoms with van der Waals surface area (Å²) in [6.07, 6.45) is 5.62. The summed E-state index contributed by atoms with van der Waals surface area (Å²) in [5, 5.41) is 6.52. The van der Waals surface area contributed by atoms with E-state index in [0.29, 0.717) is 18.4 Å². The van der Waals surface area contributed by atoms with Gasteiger partial charge in [0, 0.05) is 31.5 Å². The van der Waals surface area contributed by atoms with Crippen molar-refractivity contribution < 1.29 is 0 Å². The van der Waals surface area contributed by atoms with Gasteiger partial charge in [0.2, 0.25) is 0 Å². The van der Waals surface area contributed by atoms with Crippen LogP contribution >= 0.6 is 0 Å². The van der Waals surface area contributed by atoms with Crippen molar-refractivity contribution in [2.24, 2.45) is 0 Å². The van der Waals surface area contributed by atoms with Crippen LogP contribution in [0.1, 0.15) is 19.8 Å². The molecule has 1 fully saturated rings. The Morgan fingerprint density at radius 3 is 3.25 bits per heavy atom. The van der Waals surface area contributed by atoms with Gasteiger partial charge < -0.3 is 15.2 Å².